The van der Waals surface area contributed by atoms with Gasteiger partial charge in [-0.1, -0.05) is 63.4 Å². The maximum absolute atomic E-state index is 6.21. The van der Waals surface area contributed by atoms with Crippen LogP contribution in [0.5, 0.6) is 0 Å². The van der Waals surface area contributed by atoms with Crippen molar-refractivity contribution < 1.29 is 0 Å². The lowest BCUT2D eigenvalue weighted by molar-refractivity contribution is 0.665. The van der Waals surface area contributed by atoms with Crippen LogP contribution >= 0.6 is 27.5 Å². The number of halogens is 2. The summed E-state index contributed by atoms with van der Waals surface area (Å²) in [4.78, 5) is 0. The predicted molar refractivity (Wildman–Crippen MR) is 85.7 cm³/mol. The van der Waals surface area contributed by atoms with Gasteiger partial charge in [0.1, 0.15) is 0 Å². The van der Waals surface area contributed by atoms with Crippen molar-refractivity contribution in [3.05, 3.63) is 68.7 Å². The molecule has 0 radical (unpaired) electrons. The van der Waals surface area contributed by atoms with E-state index in [2.05, 4.69) is 47.1 Å². The molecule has 2 N–H and O–H groups in total. The molecule has 3 heteroatoms. The fourth-order valence-corrected chi connectivity index (χ4v) is 2.82. The van der Waals surface area contributed by atoms with Crippen molar-refractivity contribution in [3.63, 3.8) is 0 Å². The molecule has 0 saturated carbocycles. The van der Waals surface area contributed by atoms with Gasteiger partial charge < -0.3 is 5.73 Å². The maximum atomic E-state index is 6.21. The Hall–Kier alpha value is -0.830. The Labute approximate surface area is 127 Å². The van der Waals surface area contributed by atoms with E-state index in [1.165, 1.54) is 11.1 Å². The molecule has 100 valence electrons. The van der Waals surface area contributed by atoms with Gasteiger partial charge in [0.15, 0.2) is 0 Å². The van der Waals surface area contributed by atoms with Crippen LogP contribution < -0.4 is 5.73 Å². The third kappa shape index (κ3) is 4.34. The quantitative estimate of drug-likeness (QED) is 0.871. The topological polar surface area (TPSA) is 26.0 Å². The minimum Gasteiger partial charge on any atom is -0.327 e. The Morgan fingerprint density at radius 1 is 1.11 bits per heavy atom. The molecule has 0 amide bonds. The van der Waals surface area contributed by atoms with Crippen molar-refractivity contribution >= 4 is 27.5 Å². The molecule has 0 saturated heterocycles. The van der Waals surface area contributed by atoms with Gasteiger partial charge in [0.05, 0.1) is 0 Å². The molecule has 0 bridgehead atoms. The van der Waals surface area contributed by atoms with Crippen LogP contribution in [0.3, 0.4) is 0 Å². The zero-order chi connectivity index (χ0) is 13.8. The monoisotopic (exact) mass is 337 g/mol. The molecule has 1 unspecified atom stereocenters. The zero-order valence-corrected chi connectivity index (χ0v) is 13.2. The molecule has 1 nitrogen and oxygen atoms in total. The van der Waals surface area contributed by atoms with Crippen LogP contribution in [0.1, 0.15) is 16.7 Å². The van der Waals surface area contributed by atoms with E-state index in [0.29, 0.717) is 0 Å². The van der Waals surface area contributed by atoms with Crippen LogP contribution in [0.25, 0.3) is 0 Å². The van der Waals surface area contributed by atoms with Gasteiger partial charge in [0, 0.05) is 15.5 Å². The van der Waals surface area contributed by atoms with Crippen molar-refractivity contribution in [2.24, 2.45) is 5.73 Å². The van der Waals surface area contributed by atoms with E-state index in [4.69, 9.17) is 17.3 Å². The second kappa shape index (κ2) is 6.56. The van der Waals surface area contributed by atoms with Gasteiger partial charge in [0.2, 0.25) is 0 Å². The molecule has 2 aromatic rings. The second-order valence-electron chi connectivity index (χ2n) is 4.89. The summed E-state index contributed by atoms with van der Waals surface area (Å²) in [6, 6.07) is 14.5. The molecule has 0 aliphatic rings. The summed E-state index contributed by atoms with van der Waals surface area (Å²) in [5.41, 5.74) is 9.86. The number of nitrogens with two attached hydrogens (primary N) is 1. The van der Waals surface area contributed by atoms with Crippen molar-refractivity contribution in [1.82, 2.24) is 0 Å². The number of rotatable bonds is 4. The van der Waals surface area contributed by atoms with E-state index < -0.39 is 0 Å². The normalized spacial score (nSPS) is 12.4. The van der Waals surface area contributed by atoms with Gasteiger partial charge in [-0.25, -0.2) is 0 Å². The first-order chi connectivity index (χ1) is 9.04. The Morgan fingerprint density at radius 3 is 2.42 bits per heavy atom. The van der Waals surface area contributed by atoms with Crippen LogP contribution in [0.2, 0.25) is 5.02 Å². The van der Waals surface area contributed by atoms with E-state index in [9.17, 15) is 0 Å². The maximum Gasteiger partial charge on any atom is 0.0449 e. The first-order valence-corrected chi connectivity index (χ1v) is 7.47. The standard InChI is InChI=1S/C16H17BrClN/c1-11-2-4-12(5-3-11)8-15(19)9-13-6-7-14(17)10-16(13)18/h2-7,10,15H,8-9,19H2,1H3. The summed E-state index contributed by atoms with van der Waals surface area (Å²) < 4.78 is 0.994. The fourth-order valence-electron chi connectivity index (χ4n) is 2.07. The molecule has 0 fully saturated rings. The lowest BCUT2D eigenvalue weighted by Crippen LogP contribution is -2.25. The van der Waals surface area contributed by atoms with Crippen LogP contribution in [-0.2, 0) is 12.8 Å². The minimum atomic E-state index is 0.0846. The highest BCUT2D eigenvalue weighted by molar-refractivity contribution is 9.10. The van der Waals surface area contributed by atoms with Crippen LogP contribution in [0.4, 0.5) is 0 Å². The molecular weight excluding hydrogens is 322 g/mol. The third-order valence-electron chi connectivity index (χ3n) is 3.12. The molecule has 19 heavy (non-hydrogen) atoms. The van der Waals surface area contributed by atoms with Crippen molar-refractivity contribution in [1.29, 1.82) is 0 Å². The van der Waals surface area contributed by atoms with E-state index in [0.717, 1.165) is 27.9 Å². The van der Waals surface area contributed by atoms with E-state index in [1.807, 2.05) is 18.2 Å². The van der Waals surface area contributed by atoms with E-state index in [-0.39, 0.29) is 6.04 Å². The summed E-state index contributed by atoms with van der Waals surface area (Å²) in [5.74, 6) is 0. The number of hydrogen-bond donors (Lipinski definition) is 1. The third-order valence-corrected chi connectivity index (χ3v) is 3.96. The lowest BCUT2D eigenvalue weighted by Gasteiger charge is -2.13. The Morgan fingerprint density at radius 2 is 1.79 bits per heavy atom. The number of benzene rings is 2. The first kappa shape index (κ1) is 14.6. The van der Waals surface area contributed by atoms with Crippen LogP contribution in [0.15, 0.2) is 46.9 Å². The highest BCUT2D eigenvalue weighted by Crippen LogP contribution is 2.22. The van der Waals surface area contributed by atoms with E-state index >= 15 is 0 Å². The van der Waals surface area contributed by atoms with Gasteiger partial charge >= 0.3 is 0 Å². The largest absolute Gasteiger partial charge is 0.327 e. The fraction of sp³-hybridized carbons (Fsp3) is 0.250. The average molecular weight is 339 g/mol. The summed E-state index contributed by atoms with van der Waals surface area (Å²) in [7, 11) is 0. The molecular formula is C16H17BrClN. The van der Waals surface area contributed by atoms with Crippen LogP contribution in [0, 0.1) is 6.92 Å². The molecule has 0 spiro atoms. The number of hydrogen-bond acceptors (Lipinski definition) is 1. The lowest BCUT2D eigenvalue weighted by atomic mass is 9.99. The summed E-state index contributed by atoms with van der Waals surface area (Å²) in [5, 5.41) is 0.772. The molecule has 0 aliphatic carbocycles. The smallest absolute Gasteiger partial charge is 0.0449 e. The summed E-state index contributed by atoms with van der Waals surface area (Å²) in [6.45, 7) is 2.09. The molecule has 0 aliphatic heterocycles. The SMILES string of the molecule is Cc1ccc(CC(N)Cc2ccc(Br)cc2Cl)cc1. The van der Waals surface area contributed by atoms with Crippen molar-refractivity contribution in [3.8, 4) is 0 Å². The summed E-state index contributed by atoms with van der Waals surface area (Å²) >= 11 is 9.62. The first-order valence-electron chi connectivity index (χ1n) is 6.29. The molecule has 0 heterocycles. The van der Waals surface area contributed by atoms with E-state index in [1.54, 1.807) is 0 Å². The summed E-state index contributed by atoms with van der Waals surface area (Å²) in [6.07, 6.45) is 1.66. The highest BCUT2D eigenvalue weighted by atomic mass is 79.9. The van der Waals surface area contributed by atoms with Gasteiger partial charge in [-0.05, 0) is 43.0 Å². The molecule has 0 aromatic heterocycles. The Balaban J connectivity index is 2.01. The molecule has 2 aromatic carbocycles. The molecule has 1 atom stereocenters. The predicted octanol–water partition coefficient (Wildman–Crippen LogP) is 4.52. The van der Waals surface area contributed by atoms with Crippen LogP contribution in [-0.4, -0.2) is 6.04 Å². The highest BCUT2D eigenvalue weighted by Gasteiger charge is 2.08. The number of aryl methyl sites for hydroxylation is 1. The Kier molecular flexibility index (Phi) is 5.03. The Bertz CT molecular complexity index is 551. The van der Waals surface area contributed by atoms with Crippen molar-refractivity contribution in [2.45, 2.75) is 25.8 Å². The average Bonchev–Trinajstić information content (AvgIpc) is 2.36. The minimum absolute atomic E-state index is 0.0846. The van der Waals surface area contributed by atoms with Gasteiger partial charge in [-0.2, -0.15) is 0 Å². The van der Waals surface area contributed by atoms with Crippen molar-refractivity contribution in [2.75, 3.05) is 0 Å². The second-order valence-corrected chi connectivity index (χ2v) is 6.21. The van der Waals surface area contributed by atoms with Gasteiger partial charge in [-0.15, -0.1) is 0 Å². The van der Waals surface area contributed by atoms with Gasteiger partial charge in [-0.3, -0.25) is 0 Å². The van der Waals surface area contributed by atoms with Gasteiger partial charge in [0.25, 0.3) is 0 Å². The zero-order valence-electron chi connectivity index (χ0n) is 10.9. The molecule has 2 rings (SSSR count).